The van der Waals surface area contributed by atoms with E-state index in [0.717, 1.165) is 0 Å². The van der Waals surface area contributed by atoms with E-state index in [9.17, 15) is 0 Å². The van der Waals surface area contributed by atoms with E-state index in [2.05, 4.69) is 10.9 Å². The summed E-state index contributed by atoms with van der Waals surface area (Å²) in [7, 11) is 0. The molecule has 1 unspecified atom stereocenters. The fourth-order valence-electron chi connectivity index (χ4n) is 0.386. The molecule has 0 saturated heterocycles. The Morgan fingerprint density at radius 1 is 1.83 bits per heavy atom. The molecule has 2 nitrogen and oxygen atoms in total. The van der Waals surface area contributed by atoms with Gasteiger partial charge in [0.1, 0.15) is 0 Å². The first-order valence-corrected chi connectivity index (χ1v) is 2.01. The van der Waals surface area contributed by atoms with E-state index in [-0.39, 0.29) is 0 Å². The van der Waals surface area contributed by atoms with E-state index >= 15 is 0 Å². The van der Waals surface area contributed by atoms with Gasteiger partial charge in [-0.05, 0) is 13.0 Å². The maximum absolute atomic E-state index is 3.88. The highest BCUT2D eigenvalue weighted by Gasteiger charge is 1.98. The van der Waals surface area contributed by atoms with Crippen LogP contribution in [0.3, 0.4) is 0 Å². The van der Waals surface area contributed by atoms with E-state index in [1.165, 1.54) is 0 Å². The minimum Gasteiger partial charge on any atom is -0.311 e. The van der Waals surface area contributed by atoms with Gasteiger partial charge < -0.3 is 5.43 Å². The second-order valence-electron chi connectivity index (χ2n) is 1.36. The fourth-order valence-corrected chi connectivity index (χ4v) is 0.386. The molecule has 1 heterocycles. The summed E-state index contributed by atoms with van der Waals surface area (Å²) in [5.74, 6) is 0. The summed E-state index contributed by atoms with van der Waals surface area (Å²) in [6, 6.07) is 0.380. The fraction of sp³-hybridized carbons (Fsp3) is 0.500. The molecular formula is C4H7N2. The molecule has 1 aliphatic rings. The first kappa shape index (κ1) is 3.68. The van der Waals surface area contributed by atoms with Gasteiger partial charge in [0.15, 0.2) is 0 Å². The van der Waals surface area contributed by atoms with Crippen molar-refractivity contribution in [2.75, 3.05) is 0 Å². The second-order valence-corrected chi connectivity index (χ2v) is 1.36. The highest BCUT2D eigenvalue weighted by molar-refractivity contribution is 4.93. The molecule has 0 aliphatic carbocycles. The molecule has 1 rings (SSSR count). The van der Waals surface area contributed by atoms with Crippen LogP contribution >= 0.6 is 0 Å². The Bertz CT molecular complexity index is 67.9. The molecule has 6 heavy (non-hydrogen) atoms. The molecule has 0 amide bonds. The van der Waals surface area contributed by atoms with Crippen LogP contribution < -0.4 is 10.9 Å². The average molecular weight is 83.1 g/mol. The highest BCUT2D eigenvalue weighted by atomic mass is 15.4. The Balaban J connectivity index is 2.38. The van der Waals surface area contributed by atoms with Crippen molar-refractivity contribution in [3.63, 3.8) is 0 Å². The molecule has 0 spiro atoms. The van der Waals surface area contributed by atoms with E-state index < -0.39 is 0 Å². The van der Waals surface area contributed by atoms with Gasteiger partial charge in [0.2, 0.25) is 0 Å². The Labute approximate surface area is 37.2 Å². The van der Waals surface area contributed by atoms with Crippen LogP contribution in [0.5, 0.6) is 0 Å². The van der Waals surface area contributed by atoms with Crippen molar-refractivity contribution < 1.29 is 0 Å². The zero-order valence-electron chi connectivity index (χ0n) is 3.68. The Kier molecular flexibility index (Phi) is 0.801. The SMILES string of the molecule is CC1C=CN[N]1. The quantitative estimate of drug-likeness (QED) is 0.438. The average Bonchev–Trinajstić information content (AvgIpc) is 1.86. The van der Waals surface area contributed by atoms with E-state index in [4.69, 9.17) is 0 Å². The van der Waals surface area contributed by atoms with Gasteiger partial charge in [-0.2, -0.15) is 0 Å². The molecule has 1 aliphatic heterocycles. The number of nitrogens with zero attached hydrogens (tertiary/aromatic N) is 1. The van der Waals surface area contributed by atoms with Crippen molar-refractivity contribution in [1.82, 2.24) is 10.9 Å². The van der Waals surface area contributed by atoms with Crippen LogP contribution in [0.15, 0.2) is 12.3 Å². The van der Waals surface area contributed by atoms with Crippen molar-refractivity contribution in [3.05, 3.63) is 12.3 Å². The summed E-state index contributed by atoms with van der Waals surface area (Å²) in [6.07, 6.45) is 3.84. The molecule has 1 radical (unpaired) electrons. The monoisotopic (exact) mass is 83.1 g/mol. The van der Waals surface area contributed by atoms with Crippen LogP contribution in [0.1, 0.15) is 6.92 Å². The molecule has 0 saturated carbocycles. The number of hydrogen-bond acceptors (Lipinski definition) is 1. The normalized spacial score (nSPS) is 30.5. The molecule has 1 N–H and O–H groups in total. The third-order valence-corrected chi connectivity index (χ3v) is 0.727. The first-order valence-electron chi connectivity index (χ1n) is 2.01. The summed E-state index contributed by atoms with van der Waals surface area (Å²) in [4.78, 5) is 0. The standard InChI is InChI=1S/C4H7N2/c1-4-2-3-5-6-4/h2-5H,1H3. The van der Waals surface area contributed by atoms with Crippen LogP contribution in [0, 0.1) is 0 Å². The molecule has 2 heteroatoms. The van der Waals surface area contributed by atoms with Gasteiger partial charge in [0.25, 0.3) is 0 Å². The number of nitrogens with one attached hydrogen (secondary N) is 1. The molecule has 33 valence electrons. The summed E-state index contributed by atoms with van der Waals surface area (Å²) in [5.41, 5.74) is 6.59. The minimum atomic E-state index is 0.380. The molecular weight excluding hydrogens is 76.1 g/mol. The van der Waals surface area contributed by atoms with E-state index in [0.29, 0.717) is 6.04 Å². The van der Waals surface area contributed by atoms with Crippen LogP contribution in [0.4, 0.5) is 0 Å². The topological polar surface area (TPSA) is 26.1 Å². The minimum absolute atomic E-state index is 0.380. The lowest BCUT2D eigenvalue weighted by Crippen LogP contribution is -2.18. The van der Waals surface area contributed by atoms with Crippen LogP contribution in [0.2, 0.25) is 0 Å². The summed E-state index contributed by atoms with van der Waals surface area (Å²) in [5, 5.41) is 0. The highest BCUT2D eigenvalue weighted by Crippen LogP contribution is 1.87. The Hall–Kier alpha value is -0.500. The van der Waals surface area contributed by atoms with E-state index in [1.807, 2.05) is 19.2 Å². The predicted octanol–water partition coefficient (Wildman–Crippen LogP) is 0.0112. The third kappa shape index (κ3) is 0.518. The largest absolute Gasteiger partial charge is 0.311 e. The molecule has 0 fully saturated rings. The van der Waals surface area contributed by atoms with Crippen LogP contribution in [0.25, 0.3) is 0 Å². The van der Waals surface area contributed by atoms with Gasteiger partial charge in [-0.25, -0.2) is 0 Å². The predicted molar refractivity (Wildman–Crippen MR) is 23.9 cm³/mol. The Morgan fingerprint density at radius 3 is 2.83 bits per heavy atom. The first-order chi connectivity index (χ1) is 2.89. The second kappa shape index (κ2) is 1.30. The molecule has 1 atom stereocenters. The molecule has 0 bridgehead atoms. The number of rotatable bonds is 0. The third-order valence-electron chi connectivity index (χ3n) is 0.727. The van der Waals surface area contributed by atoms with Crippen molar-refractivity contribution in [1.29, 1.82) is 0 Å². The molecule has 0 aromatic carbocycles. The molecule has 0 aromatic rings. The van der Waals surface area contributed by atoms with Crippen molar-refractivity contribution in [3.8, 4) is 0 Å². The van der Waals surface area contributed by atoms with Crippen LogP contribution in [-0.4, -0.2) is 6.04 Å². The van der Waals surface area contributed by atoms with Gasteiger partial charge in [-0.15, -0.1) is 5.43 Å². The summed E-state index contributed by atoms with van der Waals surface area (Å²) >= 11 is 0. The van der Waals surface area contributed by atoms with E-state index in [1.54, 1.807) is 0 Å². The Morgan fingerprint density at radius 2 is 2.67 bits per heavy atom. The smallest absolute Gasteiger partial charge is 0.0639 e. The van der Waals surface area contributed by atoms with Crippen molar-refractivity contribution in [2.45, 2.75) is 13.0 Å². The van der Waals surface area contributed by atoms with Gasteiger partial charge in [-0.1, -0.05) is 0 Å². The molecule has 0 aromatic heterocycles. The lowest BCUT2D eigenvalue weighted by Gasteiger charge is -1.91. The lowest BCUT2D eigenvalue weighted by atomic mass is 10.4. The van der Waals surface area contributed by atoms with Gasteiger partial charge in [-0.3, -0.25) is 0 Å². The lowest BCUT2D eigenvalue weighted by molar-refractivity contribution is 0.605. The zero-order valence-corrected chi connectivity index (χ0v) is 3.68. The summed E-state index contributed by atoms with van der Waals surface area (Å²) in [6.45, 7) is 2.02. The van der Waals surface area contributed by atoms with Crippen LogP contribution in [-0.2, 0) is 0 Å². The number of hydrogen-bond donors (Lipinski definition) is 1. The maximum Gasteiger partial charge on any atom is 0.0639 e. The van der Waals surface area contributed by atoms with Gasteiger partial charge >= 0.3 is 0 Å². The maximum atomic E-state index is 3.88. The van der Waals surface area contributed by atoms with Crippen molar-refractivity contribution in [2.24, 2.45) is 0 Å². The van der Waals surface area contributed by atoms with Crippen molar-refractivity contribution >= 4 is 0 Å². The van der Waals surface area contributed by atoms with Gasteiger partial charge in [0, 0.05) is 6.20 Å². The summed E-state index contributed by atoms with van der Waals surface area (Å²) < 4.78 is 0. The zero-order chi connectivity index (χ0) is 4.41. The van der Waals surface area contributed by atoms with Gasteiger partial charge in [0.05, 0.1) is 6.04 Å².